The predicted molar refractivity (Wildman–Crippen MR) is 106 cm³/mol. The van der Waals surface area contributed by atoms with E-state index >= 15 is 0 Å². The number of carbonyl (C=O) groups is 1. The van der Waals surface area contributed by atoms with Crippen molar-refractivity contribution in [3.8, 4) is 23.0 Å². The maximum absolute atomic E-state index is 12.7. The molecule has 0 unspecified atom stereocenters. The van der Waals surface area contributed by atoms with Crippen LogP contribution in [-0.2, 0) is 10.0 Å². The Labute approximate surface area is 163 Å². The van der Waals surface area contributed by atoms with Gasteiger partial charge in [0.25, 0.3) is 5.91 Å². The molecule has 2 aromatic rings. The van der Waals surface area contributed by atoms with Gasteiger partial charge >= 0.3 is 0 Å². The van der Waals surface area contributed by atoms with Crippen LogP contribution in [0.2, 0.25) is 0 Å². The van der Waals surface area contributed by atoms with Gasteiger partial charge in [0.15, 0.2) is 11.5 Å². The van der Waals surface area contributed by atoms with Crippen LogP contribution in [0.1, 0.15) is 10.4 Å². The van der Waals surface area contributed by atoms with Crippen molar-refractivity contribution in [2.45, 2.75) is 0 Å². The van der Waals surface area contributed by atoms with Crippen LogP contribution < -0.4 is 29.0 Å². The normalized spacial score (nSPS) is 10.8. The highest BCUT2D eigenvalue weighted by atomic mass is 32.2. The summed E-state index contributed by atoms with van der Waals surface area (Å²) in [5.41, 5.74) is 0.835. The van der Waals surface area contributed by atoms with Crippen molar-refractivity contribution in [1.82, 2.24) is 0 Å². The molecule has 0 aliphatic carbocycles. The first-order chi connectivity index (χ1) is 13.2. The largest absolute Gasteiger partial charge is 0.495 e. The van der Waals surface area contributed by atoms with Gasteiger partial charge in [-0.2, -0.15) is 0 Å². The molecule has 2 aromatic carbocycles. The minimum absolute atomic E-state index is 0.202. The molecule has 28 heavy (non-hydrogen) atoms. The number of rotatable bonds is 8. The van der Waals surface area contributed by atoms with Crippen molar-refractivity contribution in [2.75, 3.05) is 44.7 Å². The van der Waals surface area contributed by atoms with Crippen LogP contribution in [0.3, 0.4) is 0 Å². The smallest absolute Gasteiger partial charge is 0.255 e. The van der Waals surface area contributed by atoms with Crippen molar-refractivity contribution in [2.24, 2.45) is 0 Å². The Bertz CT molecular complexity index is 949. The van der Waals surface area contributed by atoms with Gasteiger partial charge in [-0.05, 0) is 30.3 Å². The molecule has 0 fully saturated rings. The standard InChI is InChI=1S/C18H22N2O7S/c1-24-14-7-6-12(10-13(14)20-28(5,22)23)19-18(21)11-8-15(25-2)17(27-4)16(9-11)26-3/h6-10,20H,1-5H3,(H,19,21). The molecule has 10 heteroatoms. The summed E-state index contributed by atoms with van der Waals surface area (Å²) in [5, 5.41) is 2.69. The second-order valence-corrected chi connectivity index (χ2v) is 7.41. The predicted octanol–water partition coefficient (Wildman–Crippen LogP) is 2.34. The summed E-state index contributed by atoms with van der Waals surface area (Å²) in [6, 6.07) is 7.60. The van der Waals surface area contributed by atoms with Gasteiger partial charge in [0, 0.05) is 11.3 Å². The summed E-state index contributed by atoms with van der Waals surface area (Å²) >= 11 is 0. The highest BCUT2D eigenvalue weighted by Crippen LogP contribution is 2.38. The number of sulfonamides is 1. The van der Waals surface area contributed by atoms with E-state index in [4.69, 9.17) is 18.9 Å². The molecule has 0 bridgehead atoms. The van der Waals surface area contributed by atoms with Gasteiger partial charge in [-0.25, -0.2) is 8.42 Å². The van der Waals surface area contributed by atoms with Crippen molar-refractivity contribution in [1.29, 1.82) is 0 Å². The average molecular weight is 410 g/mol. The second kappa shape index (κ2) is 8.70. The summed E-state index contributed by atoms with van der Waals surface area (Å²) in [7, 11) is 2.26. The summed E-state index contributed by atoms with van der Waals surface area (Å²) < 4.78 is 46.3. The van der Waals surface area contributed by atoms with E-state index in [0.29, 0.717) is 28.7 Å². The Kier molecular flexibility index (Phi) is 6.57. The third-order valence-corrected chi connectivity index (χ3v) is 4.27. The molecule has 1 amide bonds. The summed E-state index contributed by atoms with van der Waals surface area (Å²) in [4.78, 5) is 12.7. The monoisotopic (exact) mass is 410 g/mol. The van der Waals surface area contributed by atoms with Gasteiger partial charge in [0.2, 0.25) is 15.8 Å². The second-order valence-electron chi connectivity index (χ2n) is 5.66. The number of amides is 1. The Balaban J connectivity index is 2.36. The number of methoxy groups -OCH3 is 4. The van der Waals surface area contributed by atoms with Gasteiger partial charge in [-0.15, -0.1) is 0 Å². The van der Waals surface area contributed by atoms with Gasteiger partial charge in [0.05, 0.1) is 40.4 Å². The quantitative estimate of drug-likeness (QED) is 0.687. The fourth-order valence-electron chi connectivity index (χ4n) is 2.48. The lowest BCUT2D eigenvalue weighted by atomic mass is 10.1. The number of benzene rings is 2. The Morgan fingerprint density at radius 1 is 0.857 bits per heavy atom. The van der Waals surface area contributed by atoms with Crippen LogP contribution >= 0.6 is 0 Å². The number of carbonyl (C=O) groups excluding carboxylic acids is 1. The number of hydrogen-bond acceptors (Lipinski definition) is 7. The fourth-order valence-corrected chi connectivity index (χ4v) is 3.04. The average Bonchev–Trinajstić information content (AvgIpc) is 2.65. The Morgan fingerprint density at radius 3 is 1.89 bits per heavy atom. The summed E-state index contributed by atoms with van der Waals surface area (Å²) in [5.74, 6) is 0.902. The lowest BCUT2D eigenvalue weighted by molar-refractivity contribution is 0.102. The highest BCUT2D eigenvalue weighted by Gasteiger charge is 2.18. The molecule has 2 N–H and O–H groups in total. The molecular formula is C18H22N2O7S. The zero-order chi connectivity index (χ0) is 20.9. The molecule has 0 radical (unpaired) electrons. The molecule has 0 aliphatic heterocycles. The number of ether oxygens (including phenoxy) is 4. The summed E-state index contributed by atoms with van der Waals surface area (Å²) in [6.07, 6.45) is 1.02. The van der Waals surface area contributed by atoms with Crippen LogP contribution in [-0.4, -0.2) is 49.0 Å². The van der Waals surface area contributed by atoms with Crippen LogP contribution in [0.15, 0.2) is 30.3 Å². The van der Waals surface area contributed by atoms with E-state index in [1.807, 2.05) is 0 Å². The van der Waals surface area contributed by atoms with Crippen LogP contribution in [0, 0.1) is 0 Å². The molecule has 2 rings (SSSR count). The topological polar surface area (TPSA) is 112 Å². The zero-order valence-electron chi connectivity index (χ0n) is 16.2. The molecular weight excluding hydrogens is 388 g/mol. The van der Waals surface area contributed by atoms with E-state index in [9.17, 15) is 13.2 Å². The van der Waals surface area contributed by atoms with Gasteiger partial charge in [0.1, 0.15) is 5.75 Å². The lowest BCUT2D eigenvalue weighted by Crippen LogP contribution is -2.14. The first-order valence-corrected chi connectivity index (χ1v) is 9.88. The van der Waals surface area contributed by atoms with E-state index in [1.54, 1.807) is 6.07 Å². The van der Waals surface area contributed by atoms with Crippen molar-refractivity contribution >= 4 is 27.3 Å². The van der Waals surface area contributed by atoms with Gasteiger partial charge in [-0.1, -0.05) is 0 Å². The molecule has 152 valence electrons. The van der Waals surface area contributed by atoms with Crippen molar-refractivity contribution in [3.05, 3.63) is 35.9 Å². The highest BCUT2D eigenvalue weighted by molar-refractivity contribution is 7.92. The summed E-state index contributed by atoms with van der Waals surface area (Å²) in [6.45, 7) is 0. The minimum atomic E-state index is -3.52. The molecule has 0 saturated carbocycles. The lowest BCUT2D eigenvalue weighted by Gasteiger charge is -2.15. The van der Waals surface area contributed by atoms with Crippen LogP contribution in [0.25, 0.3) is 0 Å². The third-order valence-electron chi connectivity index (χ3n) is 3.68. The zero-order valence-corrected chi connectivity index (χ0v) is 17.0. The van der Waals surface area contributed by atoms with Crippen LogP contribution in [0.4, 0.5) is 11.4 Å². The van der Waals surface area contributed by atoms with Crippen molar-refractivity contribution in [3.63, 3.8) is 0 Å². The third kappa shape index (κ3) is 4.97. The van der Waals surface area contributed by atoms with Gasteiger partial charge in [-0.3, -0.25) is 9.52 Å². The molecule has 0 saturated heterocycles. The Morgan fingerprint density at radius 2 is 1.43 bits per heavy atom. The SMILES string of the molecule is COc1ccc(NC(=O)c2cc(OC)c(OC)c(OC)c2)cc1NS(C)(=O)=O. The van der Waals surface area contributed by atoms with E-state index in [-0.39, 0.29) is 11.3 Å². The first-order valence-electron chi connectivity index (χ1n) is 7.99. The minimum Gasteiger partial charge on any atom is -0.495 e. The van der Waals surface area contributed by atoms with E-state index in [2.05, 4.69) is 10.0 Å². The van der Waals surface area contributed by atoms with E-state index in [0.717, 1.165) is 6.26 Å². The molecule has 0 atom stereocenters. The number of anilines is 2. The maximum Gasteiger partial charge on any atom is 0.255 e. The van der Waals surface area contributed by atoms with E-state index < -0.39 is 15.9 Å². The first kappa shape index (κ1) is 21.2. The number of hydrogen-bond donors (Lipinski definition) is 2. The molecule has 9 nitrogen and oxygen atoms in total. The molecule has 0 aliphatic rings. The maximum atomic E-state index is 12.7. The molecule has 0 aromatic heterocycles. The fraction of sp³-hybridized carbons (Fsp3) is 0.278. The van der Waals surface area contributed by atoms with E-state index in [1.165, 1.54) is 52.7 Å². The van der Waals surface area contributed by atoms with Crippen LogP contribution in [0.5, 0.6) is 23.0 Å². The number of nitrogens with one attached hydrogen (secondary N) is 2. The van der Waals surface area contributed by atoms with Gasteiger partial charge < -0.3 is 24.3 Å². The molecule has 0 heterocycles. The Hall–Kier alpha value is -3.14. The molecule has 0 spiro atoms. The van der Waals surface area contributed by atoms with Crippen molar-refractivity contribution < 1.29 is 32.2 Å².